The number of primary amides is 1. The molecule has 3 atom stereocenters. The molecule has 2 aromatic carbocycles. The number of carbonyl (C=O) groups is 1. The second-order valence-corrected chi connectivity index (χ2v) is 12.6. The van der Waals surface area contributed by atoms with Crippen molar-refractivity contribution in [2.75, 3.05) is 24.2 Å². The maximum absolute atomic E-state index is 14.1. The van der Waals surface area contributed by atoms with Gasteiger partial charge in [-0.15, -0.1) is 6.58 Å². The average molecular weight is 483 g/mol. The van der Waals surface area contributed by atoms with E-state index in [0.717, 1.165) is 11.1 Å². The van der Waals surface area contributed by atoms with Gasteiger partial charge in [0.2, 0.25) is 5.91 Å². The molecule has 0 saturated heterocycles. The number of nitrogens with one attached hydrogen (secondary N) is 1. The SMILES string of the molecule is C=C[C@H](C)C(C)(C)CS(=O)(=O)C1CCc2ccccc2C12CNc1cc(C(N)=O)ccc1OC2. The van der Waals surface area contributed by atoms with E-state index >= 15 is 0 Å². The highest BCUT2D eigenvalue weighted by molar-refractivity contribution is 7.92. The molecular formula is C27H34N2O4S. The van der Waals surface area contributed by atoms with Crippen LogP contribution in [0.1, 0.15) is 48.7 Å². The van der Waals surface area contributed by atoms with E-state index in [1.165, 1.54) is 0 Å². The standard InChI is InChI=1S/C27H34N2O4S/c1-5-18(2)26(3,4)17-34(31,32)24-13-11-19-8-6-7-9-21(19)27(24)15-29-22-14-20(25(28)30)10-12-23(22)33-16-27/h5-10,12,14,18,24,29H,1,11,13,15-17H2,2-4H3,(H2,28,30)/t18-,24?,27?/m0/s1. The van der Waals surface area contributed by atoms with Crippen LogP contribution < -0.4 is 15.8 Å². The number of rotatable bonds is 6. The number of aryl methyl sites for hydroxylation is 1. The number of hydrogen-bond acceptors (Lipinski definition) is 5. The van der Waals surface area contributed by atoms with Crippen molar-refractivity contribution in [2.45, 2.75) is 44.3 Å². The molecule has 1 spiro atoms. The molecule has 3 N–H and O–H groups in total. The van der Waals surface area contributed by atoms with Crippen molar-refractivity contribution in [3.8, 4) is 5.75 Å². The molecule has 0 radical (unpaired) electrons. The number of carbonyl (C=O) groups excluding carboxylic acids is 1. The van der Waals surface area contributed by atoms with Crippen LogP contribution in [0.15, 0.2) is 55.1 Å². The van der Waals surface area contributed by atoms with Crippen LogP contribution in [0.2, 0.25) is 0 Å². The largest absolute Gasteiger partial charge is 0.490 e. The van der Waals surface area contributed by atoms with E-state index in [0.29, 0.717) is 36.4 Å². The first-order chi connectivity index (χ1) is 16.0. The first kappa shape index (κ1) is 24.3. The summed E-state index contributed by atoms with van der Waals surface area (Å²) < 4.78 is 34.4. The van der Waals surface area contributed by atoms with Gasteiger partial charge in [-0.05, 0) is 53.5 Å². The minimum atomic E-state index is -3.51. The fourth-order valence-corrected chi connectivity index (χ4v) is 8.33. The zero-order valence-corrected chi connectivity index (χ0v) is 21.0. The Morgan fingerprint density at radius 1 is 1.32 bits per heavy atom. The van der Waals surface area contributed by atoms with Crippen molar-refractivity contribution in [1.82, 2.24) is 0 Å². The van der Waals surface area contributed by atoms with Gasteiger partial charge in [0, 0.05) is 12.1 Å². The summed E-state index contributed by atoms with van der Waals surface area (Å²) in [6.45, 7) is 10.5. The van der Waals surface area contributed by atoms with Crippen molar-refractivity contribution in [1.29, 1.82) is 0 Å². The molecule has 0 aromatic heterocycles. The van der Waals surface area contributed by atoms with Crippen LogP contribution in [-0.2, 0) is 21.7 Å². The van der Waals surface area contributed by atoms with E-state index in [2.05, 4.69) is 18.0 Å². The Kier molecular flexibility index (Phi) is 6.27. The molecule has 0 saturated carbocycles. The van der Waals surface area contributed by atoms with Crippen LogP contribution in [-0.4, -0.2) is 38.5 Å². The number of ether oxygens (including phenoxy) is 1. The smallest absolute Gasteiger partial charge is 0.248 e. The summed E-state index contributed by atoms with van der Waals surface area (Å²) in [6, 6.07) is 13.1. The highest BCUT2D eigenvalue weighted by Crippen LogP contribution is 2.46. The van der Waals surface area contributed by atoms with Crippen LogP contribution in [0.5, 0.6) is 5.75 Å². The molecule has 1 aliphatic heterocycles. The van der Waals surface area contributed by atoms with Gasteiger partial charge in [0.05, 0.1) is 22.1 Å². The monoisotopic (exact) mass is 482 g/mol. The van der Waals surface area contributed by atoms with E-state index < -0.39 is 31.8 Å². The molecule has 1 heterocycles. The summed E-state index contributed by atoms with van der Waals surface area (Å²) in [5, 5.41) is 2.80. The number of sulfone groups is 1. The van der Waals surface area contributed by atoms with Gasteiger partial charge in [0.25, 0.3) is 0 Å². The van der Waals surface area contributed by atoms with E-state index in [1.54, 1.807) is 18.2 Å². The van der Waals surface area contributed by atoms with Crippen molar-refractivity contribution in [3.63, 3.8) is 0 Å². The highest BCUT2D eigenvalue weighted by atomic mass is 32.2. The van der Waals surface area contributed by atoms with Crippen LogP contribution in [0.25, 0.3) is 0 Å². The predicted octanol–water partition coefficient (Wildman–Crippen LogP) is 4.11. The fraction of sp³-hybridized carbons (Fsp3) is 0.444. The lowest BCUT2D eigenvalue weighted by Crippen LogP contribution is -2.56. The average Bonchev–Trinajstić information content (AvgIpc) is 2.98. The molecule has 182 valence electrons. The van der Waals surface area contributed by atoms with Gasteiger partial charge in [0.15, 0.2) is 9.84 Å². The van der Waals surface area contributed by atoms with Crippen molar-refractivity contribution < 1.29 is 17.9 Å². The summed E-state index contributed by atoms with van der Waals surface area (Å²) in [7, 11) is -3.51. The summed E-state index contributed by atoms with van der Waals surface area (Å²) >= 11 is 0. The van der Waals surface area contributed by atoms with Crippen molar-refractivity contribution in [3.05, 3.63) is 71.8 Å². The van der Waals surface area contributed by atoms with Gasteiger partial charge >= 0.3 is 0 Å². The van der Waals surface area contributed by atoms with Gasteiger partial charge < -0.3 is 15.8 Å². The topological polar surface area (TPSA) is 98.5 Å². The summed E-state index contributed by atoms with van der Waals surface area (Å²) in [4.78, 5) is 11.7. The first-order valence-electron chi connectivity index (χ1n) is 11.7. The minimum absolute atomic E-state index is 0.0501. The van der Waals surface area contributed by atoms with E-state index in [1.807, 2.05) is 45.0 Å². The Balaban J connectivity index is 1.78. The normalized spacial score (nSPS) is 23.0. The van der Waals surface area contributed by atoms with Gasteiger partial charge in [0.1, 0.15) is 12.4 Å². The predicted molar refractivity (Wildman–Crippen MR) is 136 cm³/mol. The van der Waals surface area contributed by atoms with E-state index in [-0.39, 0.29) is 18.3 Å². The Hall–Kier alpha value is -2.80. The molecule has 2 aromatic rings. The molecule has 0 bridgehead atoms. The number of benzene rings is 2. The number of amides is 1. The molecule has 1 aliphatic carbocycles. The maximum Gasteiger partial charge on any atom is 0.248 e. The third kappa shape index (κ3) is 4.22. The molecule has 0 fully saturated rings. The molecule has 4 rings (SSSR count). The highest BCUT2D eigenvalue weighted by Gasteiger charge is 2.52. The Morgan fingerprint density at radius 2 is 2.06 bits per heavy atom. The molecule has 34 heavy (non-hydrogen) atoms. The lowest BCUT2D eigenvalue weighted by atomic mass is 9.70. The zero-order chi connectivity index (χ0) is 24.7. The fourth-order valence-electron chi connectivity index (χ4n) is 5.39. The first-order valence-corrected chi connectivity index (χ1v) is 13.4. The van der Waals surface area contributed by atoms with Crippen molar-refractivity contribution >= 4 is 21.4 Å². The number of anilines is 1. The zero-order valence-electron chi connectivity index (χ0n) is 20.1. The lowest BCUT2D eigenvalue weighted by Gasteiger charge is -2.45. The van der Waals surface area contributed by atoms with Gasteiger partial charge in [-0.3, -0.25) is 4.79 Å². The van der Waals surface area contributed by atoms with Gasteiger partial charge in [-0.1, -0.05) is 51.1 Å². The number of hydrogen-bond donors (Lipinski definition) is 2. The molecule has 2 unspecified atom stereocenters. The van der Waals surface area contributed by atoms with Crippen LogP contribution in [0, 0.1) is 11.3 Å². The van der Waals surface area contributed by atoms with Crippen LogP contribution in [0.3, 0.4) is 0 Å². The molecule has 7 heteroatoms. The van der Waals surface area contributed by atoms with Crippen LogP contribution >= 0.6 is 0 Å². The quantitative estimate of drug-likeness (QED) is 0.604. The van der Waals surface area contributed by atoms with E-state index in [4.69, 9.17) is 10.5 Å². The van der Waals surface area contributed by atoms with Crippen molar-refractivity contribution in [2.24, 2.45) is 17.1 Å². The Morgan fingerprint density at radius 3 is 2.76 bits per heavy atom. The minimum Gasteiger partial charge on any atom is -0.490 e. The molecule has 1 amide bonds. The molecule has 6 nitrogen and oxygen atoms in total. The Labute approximate surface area is 202 Å². The second kappa shape index (κ2) is 8.77. The number of nitrogens with two attached hydrogens (primary N) is 1. The number of allylic oxidation sites excluding steroid dienone is 1. The number of fused-ring (bicyclic) bond motifs is 3. The van der Waals surface area contributed by atoms with E-state index in [9.17, 15) is 13.2 Å². The maximum atomic E-state index is 14.1. The third-order valence-corrected chi connectivity index (χ3v) is 10.5. The van der Waals surface area contributed by atoms with Gasteiger partial charge in [-0.25, -0.2) is 8.42 Å². The Bertz CT molecular complexity index is 1220. The second-order valence-electron chi connectivity index (χ2n) is 10.4. The molecular weight excluding hydrogens is 448 g/mol. The van der Waals surface area contributed by atoms with Crippen LogP contribution in [0.4, 0.5) is 5.69 Å². The summed E-state index contributed by atoms with van der Waals surface area (Å²) in [5.74, 6) is 0.182. The van der Waals surface area contributed by atoms with Gasteiger partial charge in [-0.2, -0.15) is 0 Å². The summed E-state index contributed by atoms with van der Waals surface area (Å²) in [5.41, 5.74) is 7.44. The lowest BCUT2D eigenvalue weighted by molar-refractivity contribution is 0.1000. The third-order valence-electron chi connectivity index (χ3n) is 7.78. The molecule has 2 aliphatic rings. The summed E-state index contributed by atoms with van der Waals surface area (Å²) in [6.07, 6.45) is 3.06.